The van der Waals surface area contributed by atoms with Gasteiger partial charge in [0.05, 0.1) is 22.2 Å². The predicted molar refractivity (Wildman–Crippen MR) is 82.3 cm³/mol. The van der Waals surface area contributed by atoms with Gasteiger partial charge in [0.1, 0.15) is 32.8 Å². The molecule has 0 saturated carbocycles. The van der Waals surface area contributed by atoms with Gasteiger partial charge in [-0.3, -0.25) is 19.9 Å². The number of aromatic nitrogens is 1. The summed E-state index contributed by atoms with van der Waals surface area (Å²) in [5.41, 5.74) is -0.196. The zero-order valence-electron chi connectivity index (χ0n) is 10.7. The Bertz CT molecular complexity index is 715. The van der Waals surface area contributed by atoms with Crippen LogP contribution in [0.1, 0.15) is 16.6 Å². The number of thiophene rings is 1. The quantitative estimate of drug-likeness (QED) is 0.414. The maximum absolute atomic E-state index is 11.4. The molecular weight excluding hydrogens is 375 g/mol. The van der Waals surface area contributed by atoms with E-state index in [0.717, 1.165) is 23.1 Å². The molecule has 0 amide bonds. The molecule has 0 aliphatic rings. The normalized spacial score (nSPS) is 10.3. The molecule has 0 atom stereocenters. The SMILES string of the molecule is CC(=O)c1cc([N+](=O)[O-])c(Sc2c(OCl)cncc2OCl)s1. The predicted octanol–water partition coefficient (Wildman–Crippen LogP) is 4.47. The molecule has 0 fully saturated rings. The fraction of sp³-hybridized carbons (Fsp3) is 0.0909. The highest BCUT2D eigenvalue weighted by atomic mass is 35.5. The number of carbonyl (C=O) groups is 1. The molecule has 0 N–H and O–H groups in total. The molecule has 22 heavy (non-hydrogen) atoms. The molecular formula is C11H6Cl2N2O5S2. The lowest BCUT2D eigenvalue weighted by atomic mass is 10.3. The van der Waals surface area contributed by atoms with Crippen LogP contribution in [0.3, 0.4) is 0 Å². The summed E-state index contributed by atoms with van der Waals surface area (Å²) in [5, 5.41) is 11.1. The molecule has 2 aromatic heterocycles. The molecule has 0 spiro atoms. The molecule has 11 heteroatoms. The first-order valence-corrected chi connectivity index (χ1v) is 7.75. The summed E-state index contributed by atoms with van der Waals surface area (Å²) in [4.78, 5) is 26.3. The molecule has 2 heterocycles. The van der Waals surface area contributed by atoms with Crippen molar-refractivity contribution in [3.05, 3.63) is 33.5 Å². The maximum atomic E-state index is 11.4. The van der Waals surface area contributed by atoms with Gasteiger partial charge in [0, 0.05) is 6.07 Å². The van der Waals surface area contributed by atoms with Gasteiger partial charge >= 0.3 is 0 Å². The van der Waals surface area contributed by atoms with Gasteiger partial charge in [0.15, 0.2) is 17.3 Å². The van der Waals surface area contributed by atoms with E-state index < -0.39 is 4.92 Å². The lowest BCUT2D eigenvalue weighted by Gasteiger charge is -2.07. The average Bonchev–Trinajstić information content (AvgIpc) is 2.92. The number of pyridine rings is 1. The monoisotopic (exact) mass is 380 g/mol. The van der Waals surface area contributed by atoms with E-state index >= 15 is 0 Å². The topological polar surface area (TPSA) is 91.6 Å². The zero-order valence-corrected chi connectivity index (χ0v) is 13.9. The van der Waals surface area contributed by atoms with Crippen LogP contribution in [0.2, 0.25) is 0 Å². The minimum absolute atomic E-state index is 0.122. The number of nitrogens with zero attached hydrogens (tertiary/aromatic N) is 2. The van der Waals surface area contributed by atoms with E-state index in [2.05, 4.69) is 13.6 Å². The van der Waals surface area contributed by atoms with Crippen molar-refractivity contribution in [2.24, 2.45) is 0 Å². The van der Waals surface area contributed by atoms with Gasteiger partial charge in [-0.1, -0.05) is 11.8 Å². The van der Waals surface area contributed by atoms with Crippen molar-refractivity contribution < 1.29 is 18.3 Å². The summed E-state index contributed by atoms with van der Waals surface area (Å²) >= 11 is 12.6. The van der Waals surface area contributed by atoms with Crippen molar-refractivity contribution >= 4 is 58.3 Å². The Morgan fingerprint density at radius 3 is 2.41 bits per heavy atom. The highest BCUT2D eigenvalue weighted by molar-refractivity contribution is 8.01. The van der Waals surface area contributed by atoms with E-state index in [1.807, 2.05) is 0 Å². The van der Waals surface area contributed by atoms with Crippen molar-refractivity contribution in [1.29, 1.82) is 0 Å². The van der Waals surface area contributed by atoms with Crippen LogP contribution in [0.15, 0.2) is 27.6 Å². The van der Waals surface area contributed by atoms with E-state index in [1.54, 1.807) is 0 Å². The molecule has 0 saturated heterocycles. The fourth-order valence-electron chi connectivity index (χ4n) is 1.45. The van der Waals surface area contributed by atoms with Gasteiger partial charge in [-0.05, 0) is 6.92 Å². The lowest BCUT2D eigenvalue weighted by molar-refractivity contribution is -0.387. The Hall–Kier alpha value is -1.55. The van der Waals surface area contributed by atoms with E-state index in [9.17, 15) is 14.9 Å². The summed E-state index contributed by atoms with van der Waals surface area (Å²) in [5.74, 6) is -0.0221. The summed E-state index contributed by atoms with van der Waals surface area (Å²) < 4.78 is 9.54. The molecule has 116 valence electrons. The van der Waals surface area contributed by atoms with Crippen molar-refractivity contribution in [3.8, 4) is 11.5 Å². The van der Waals surface area contributed by atoms with Crippen LogP contribution in [-0.4, -0.2) is 15.7 Å². The molecule has 0 bridgehead atoms. The Morgan fingerprint density at radius 2 is 1.95 bits per heavy atom. The van der Waals surface area contributed by atoms with Gasteiger partial charge in [-0.15, -0.1) is 11.3 Å². The zero-order chi connectivity index (χ0) is 16.3. The van der Waals surface area contributed by atoms with Gasteiger partial charge in [-0.2, -0.15) is 0 Å². The summed E-state index contributed by atoms with van der Waals surface area (Å²) in [7, 11) is 0. The standard InChI is InChI=1S/C11H6Cl2N2O5S2/c1-5(16)9-2-6(15(17)18)11(21-9)22-10-7(19-12)3-14-4-8(10)20-13/h2-4H,1H3. The largest absolute Gasteiger partial charge is 0.383 e. The first-order chi connectivity index (χ1) is 10.5. The minimum Gasteiger partial charge on any atom is -0.383 e. The van der Waals surface area contributed by atoms with Gasteiger partial charge in [0.25, 0.3) is 5.69 Å². The first-order valence-electron chi connectivity index (χ1n) is 5.50. The van der Waals surface area contributed by atoms with Crippen molar-refractivity contribution in [1.82, 2.24) is 4.98 Å². The number of nitro groups is 1. The molecule has 0 aliphatic carbocycles. The van der Waals surface area contributed by atoms with Crippen LogP contribution in [0.25, 0.3) is 0 Å². The highest BCUT2D eigenvalue weighted by Gasteiger charge is 2.25. The molecule has 2 aromatic rings. The van der Waals surface area contributed by atoms with E-state index in [4.69, 9.17) is 23.7 Å². The molecule has 7 nitrogen and oxygen atoms in total. The second-order valence-corrected chi connectivity index (χ2v) is 6.46. The number of halogens is 2. The number of hydrogen-bond acceptors (Lipinski definition) is 8. The number of Topliss-reactive ketones (excluding diaryl/α,β-unsaturated/α-hetero) is 1. The lowest BCUT2D eigenvalue weighted by Crippen LogP contribution is -1.89. The summed E-state index contributed by atoms with van der Waals surface area (Å²) in [6, 6.07) is 1.22. The van der Waals surface area contributed by atoms with Crippen molar-refractivity contribution in [2.45, 2.75) is 16.0 Å². The number of ketones is 1. The fourth-order valence-corrected chi connectivity index (χ4v) is 4.03. The number of carbonyl (C=O) groups excluding carboxylic acids is 1. The second kappa shape index (κ2) is 7.14. The van der Waals surface area contributed by atoms with Crippen LogP contribution >= 0.6 is 46.8 Å². The Labute approximate surface area is 142 Å². The third kappa shape index (κ3) is 3.43. The van der Waals surface area contributed by atoms with Crippen molar-refractivity contribution in [3.63, 3.8) is 0 Å². The Balaban J connectivity index is 2.51. The van der Waals surface area contributed by atoms with Gasteiger partial charge in [-0.25, -0.2) is 0 Å². The van der Waals surface area contributed by atoms with E-state index in [1.165, 1.54) is 25.4 Å². The molecule has 0 radical (unpaired) electrons. The van der Waals surface area contributed by atoms with Gasteiger partial charge in [0.2, 0.25) is 0 Å². The highest BCUT2D eigenvalue weighted by Crippen LogP contribution is 2.48. The Morgan fingerprint density at radius 1 is 1.36 bits per heavy atom. The maximum Gasteiger partial charge on any atom is 0.294 e. The van der Waals surface area contributed by atoms with Crippen molar-refractivity contribution in [2.75, 3.05) is 0 Å². The van der Waals surface area contributed by atoms with Crippen LogP contribution in [0.4, 0.5) is 5.69 Å². The minimum atomic E-state index is -0.574. The number of hydrogen-bond donors (Lipinski definition) is 0. The molecule has 0 unspecified atom stereocenters. The molecule has 0 aliphatic heterocycles. The van der Waals surface area contributed by atoms with E-state index in [0.29, 0.717) is 4.90 Å². The smallest absolute Gasteiger partial charge is 0.294 e. The second-order valence-electron chi connectivity index (χ2n) is 3.82. The first kappa shape index (κ1) is 16.8. The third-order valence-electron chi connectivity index (χ3n) is 2.42. The molecule has 2 rings (SSSR count). The summed E-state index contributed by atoms with van der Waals surface area (Å²) in [6.07, 6.45) is 2.61. The number of rotatable bonds is 6. The van der Waals surface area contributed by atoms with Crippen LogP contribution in [0.5, 0.6) is 11.5 Å². The van der Waals surface area contributed by atoms with Crippen LogP contribution < -0.4 is 8.58 Å². The van der Waals surface area contributed by atoms with Gasteiger partial charge < -0.3 is 8.58 Å². The Kier molecular flexibility index (Phi) is 5.46. The average molecular weight is 381 g/mol. The van der Waals surface area contributed by atoms with Crippen LogP contribution in [-0.2, 0) is 0 Å². The van der Waals surface area contributed by atoms with E-state index in [-0.39, 0.29) is 32.1 Å². The van der Waals surface area contributed by atoms with Crippen LogP contribution in [0, 0.1) is 10.1 Å². The third-order valence-corrected chi connectivity index (χ3v) is 5.27. The molecule has 0 aromatic carbocycles. The summed E-state index contributed by atoms with van der Waals surface area (Å²) in [6.45, 7) is 1.33.